The molecule has 0 spiro atoms. The summed E-state index contributed by atoms with van der Waals surface area (Å²) in [6.07, 6.45) is 0. The molecular formula is C17H19NO. The van der Waals surface area contributed by atoms with Gasteiger partial charge in [0.15, 0.2) is 0 Å². The SMILES string of the molecule is COc1ccc(C(C)=NC(C)c2ccccc2)cc1. The lowest BCUT2D eigenvalue weighted by Gasteiger charge is -2.09. The summed E-state index contributed by atoms with van der Waals surface area (Å²) in [7, 11) is 1.67. The smallest absolute Gasteiger partial charge is 0.118 e. The summed E-state index contributed by atoms with van der Waals surface area (Å²) in [6, 6.07) is 18.5. The molecule has 0 saturated heterocycles. The van der Waals surface area contributed by atoms with Crippen LogP contribution >= 0.6 is 0 Å². The van der Waals surface area contributed by atoms with Crippen LogP contribution in [0.3, 0.4) is 0 Å². The van der Waals surface area contributed by atoms with Gasteiger partial charge >= 0.3 is 0 Å². The third-order valence-corrected chi connectivity index (χ3v) is 3.18. The molecule has 0 fully saturated rings. The highest BCUT2D eigenvalue weighted by Gasteiger charge is 2.04. The van der Waals surface area contributed by atoms with Gasteiger partial charge in [-0.05, 0) is 49.2 Å². The van der Waals surface area contributed by atoms with Gasteiger partial charge in [0.1, 0.15) is 5.75 Å². The van der Waals surface area contributed by atoms with Gasteiger partial charge in [0.2, 0.25) is 0 Å². The maximum absolute atomic E-state index is 5.16. The largest absolute Gasteiger partial charge is 0.497 e. The van der Waals surface area contributed by atoms with Gasteiger partial charge in [-0.3, -0.25) is 4.99 Å². The fourth-order valence-corrected chi connectivity index (χ4v) is 2.00. The topological polar surface area (TPSA) is 21.6 Å². The molecule has 98 valence electrons. The first-order chi connectivity index (χ1) is 9.20. The first-order valence-corrected chi connectivity index (χ1v) is 6.44. The van der Waals surface area contributed by atoms with Crippen molar-refractivity contribution in [1.29, 1.82) is 0 Å². The van der Waals surface area contributed by atoms with Crippen LogP contribution in [0.15, 0.2) is 59.6 Å². The summed E-state index contributed by atoms with van der Waals surface area (Å²) in [5, 5.41) is 0. The monoisotopic (exact) mass is 253 g/mol. The van der Waals surface area contributed by atoms with Gasteiger partial charge in [-0.1, -0.05) is 30.3 Å². The zero-order valence-corrected chi connectivity index (χ0v) is 11.6. The van der Waals surface area contributed by atoms with Crippen molar-refractivity contribution in [3.63, 3.8) is 0 Å². The minimum atomic E-state index is 0.170. The molecule has 19 heavy (non-hydrogen) atoms. The summed E-state index contributed by atoms with van der Waals surface area (Å²) < 4.78 is 5.16. The number of nitrogens with zero attached hydrogens (tertiary/aromatic N) is 1. The number of ether oxygens (including phenoxy) is 1. The fourth-order valence-electron chi connectivity index (χ4n) is 2.00. The lowest BCUT2D eigenvalue weighted by molar-refractivity contribution is 0.415. The number of aliphatic imine (C=N–C) groups is 1. The molecule has 2 aromatic carbocycles. The second-order valence-corrected chi connectivity index (χ2v) is 4.53. The van der Waals surface area contributed by atoms with Crippen molar-refractivity contribution in [2.24, 2.45) is 4.99 Å². The zero-order valence-electron chi connectivity index (χ0n) is 11.6. The number of methoxy groups -OCH3 is 1. The van der Waals surface area contributed by atoms with E-state index in [1.165, 1.54) is 5.56 Å². The molecule has 0 amide bonds. The molecule has 1 unspecified atom stereocenters. The molecule has 0 aliphatic rings. The van der Waals surface area contributed by atoms with E-state index < -0.39 is 0 Å². The average Bonchev–Trinajstić information content (AvgIpc) is 2.48. The fraction of sp³-hybridized carbons (Fsp3) is 0.235. The second-order valence-electron chi connectivity index (χ2n) is 4.53. The van der Waals surface area contributed by atoms with Crippen molar-refractivity contribution in [2.45, 2.75) is 19.9 Å². The average molecular weight is 253 g/mol. The highest BCUT2D eigenvalue weighted by atomic mass is 16.5. The van der Waals surface area contributed by atoms with Gasteiger partial charge < -0.3 is 4.74 Å². The Kier molecular flexibility index (Phi) is 4.35. The molecule has 2 heteroatoms. The van der Waals surface area contributed by atoms with E-state index in [0.717, 1.165) is 17.0 Å². The number of hydrogen-bond acceptors (Lipinski definition) is 2. The Labute approximate surface area is 114 Å². The van der Waals surface area contributed by atoms with Crippen molar-refractivity contribution in [3.8, 4) is 5.75 Å². The third-order valence-electron chi connectivity index (χ3n) is 3.18. The van der Waals surface area contributed by atoms with Gasteiger partial charge in [0.05, 0.1) is 13.2 Å². The first-order valence-electron chi connectivity index (χ1n) is 6.44. The van der Waals surface area contributed by atoms with Crippen LogP contribution in [0.1, 0.15) is 31.0 Å². The van der Waals surface area contributed by atoms with E-state index in [4.69, 9.17) is 9.73 Å². The second kappa shape index (κ2) is 6.19. The van der Waals surface area contributed by atoms with Gasteiger partial charge in [0, 0.05) is 5.71 Å². The van der Waals surface area contributed by atoms with Crippen LogP contribution in [0.2, 0.25) is 0 Å². The Morgan fingerprint density at radius 3 is 2.21 bits per heavy atom. The predicted molar refractivity (Wildman–Crippen MR) is 80.1 cm³/mol. The van der Waals surface area contributed by atoms with Crippen LogP contribution < -0.4 is 4.74 Å². The van der Waals surface area contributed by atoms with E-state index in [0.29, 0.717) is 0 Å². The van der Waals surface area contributed by atoms with Crippen molar-refractivity contribution >= 4 is 5.71 Å². The van der Waals surface area contributed by atoms with E-state index in [9.17, 15) is 0 Å². The first kappa shape index (κ1) is 13.3. The van der Waals surface area contributed by atoms with Crippen molar-refractivity contribution < 1.29 is 4.74 Å². The van der Waals surface area contributed by atoms with Gasteiger partial charge in [-0.25, -0.2) is 0 Å². The lowest BCUT2D eigenvalue weighted by Crippen LogP contribution is -1.99. The van der Waals surface area contributed by atoms with Crippen molar-refractivity contribution in [2.75, 3.05) is 7.11 Å². The molecule has 1 atom stereocenters. The minimum Gasteiger partial charge on any atom is -0.497 e. The Morgan fingerprint density at radius 2 is 1.63 bits per heavy atom. The van der Waals surface area contributed by atoms with Crippen molar-refractivity contribution in [3.05, 3.63) is 65.7 Å². The molecule has 0 N–H and O–H groups in total. The molecule has 0 saturated carbocycles. The quantitative estimate of drug-likeness (QED) is 0.746. The van der Waals surface area contributed by atoms with E-state index in [1.807, 2.05) is 49.4 Å². The van der Waals surface area contributed by atoms with E-state index in [-0.39, 0.29) is 6.04 Å². The highest BCUT2D eigenvalue weighted by molar-refractivity contribution is 5.98. The van der Waals surface area contributed by atoms with Crippen LogP contribution in [-0.4, -0.2) is 12.8 Å². The molecule has 0 bridgehead atoms. The molecule has 2 aromatic rings. The van der Waals surface area contributed by atoms with Gasteiger partial charge in [-0.15, -0.1) is 0 Å². The summed E-state index contributed by atoms with van der Waals surface area (Å²) >= 11 is 0. The summed E-state index contributed by atoms with van der Waals surface area (Å²) in [6.45, 7) is 4.16. The summed E-state index contributed by atoms with van der Waals surface area (Å²) in [4.78, 5) is 4.75. The third kappa shape index (κ3) is 3.44. The van der Waals surface area contributed by atoms with Crippen LogP contribution in [0.5, 0.6) is 5.75 Å². The molecular weight excluding hydrogens is 234 g/mol. The maximum Gasteiger partial charge on any atom is 0.118 e. The summed E-state index contributed by atoms with van der Waals surface area (Å²) in [5.74, 6) is 0.868. The molecule has 0 radical (unpaired) electrons. The standard InChI is InChI=1S/C17H19NO/c1-13(15-7-5-4-6-8-15)18-14(2)16-9-11-17(19-3)12-10-16/h4-13H,1-3H3. The minimum absolute atomic E-state index is 0.170. The molecule has 0 aliphatic heterocycles. The van der Waals surface area contributed by atoms with Gasteiger partial charge in [0.25, 0.3) is 0 Å². The maximum atomic E-state index is 5.16. The van der Waals surface area contributed by atoms with Crippen LogP contribution in [0, 0.1) is 0 Å². The molecule has 0 aliphatic carbocycles. The van der Waals surface area contributed by atoms with E-state index in [1.54, 1.807) is 7.11 Å². The molecule has 0 aromatic heterocycles. The Balaban J connectivity index is 2.18. The van der Waals surface area contributed by atoms with E-state index in [2.05, 4.69) is 19.1 Å². The Hall–Kier alpha value is -2.09. The predicted octanol–water partition coefficient (Wildman–Crippen LogP) is 4.27. The lowest BCUT2D eigenvalue weighted by atomic mass is 10.1. The van der Waals surface area contributed by atoms with Crippen LogP contribution in [0.25, 0.3) is 0 Å². The number of rotatable bonds is 4. The summed E-state index contributed by atoms with van der Waals surface area (Å²) in [5.41, 5.74) is 3.40. The normalized spacial score (nSPS) is 13.1. The van der Waals surface area contributed by atoms with Crippen molar-refractivity contribution in [1.82, 2.24) is 0 Å². The Bertz CT molecular complexity index is 543. The number of benzene rings is 2. The van der Waals surface area contributed by atoms with Gasteiger partial charge in [-0.2, -0.15) is 0 Å². The van der Waals surface area contributed by atoms with Crippen LogP contribution in [0.4, 0.5) is 0 Å². The highest BCUT2D eigenvalue weighted by Crippen LogP contribution is 2.18. The van der Waals surface area contributed by atoms with E-state index >= 15 is 0 Å². The molecule has 2 nitrogen and oxygen atoms in total. The zero-order chi connectivity index (χ0) is 13.7. The number of hydrogen-bond donors (Lipinski definition) is 0. The molecule has 2 rings (SSSR count). The Morgan fingerprint density at radius 1 is 1.00 bits per heavy atom. The molecule has 0 heterocycles. The van der Waals surface area contributed by atoms with Crippen LogP contribution in [-0.2, 0) is 0 Å².